The van der Waals surface area contributed by atoms with E-state index in [0.29, 0.717) is 0 Å². The Bertz CT molecular complexity index is 453. The Labute approximate surface area is 124 Å². The normalized spacial score (nSPS) is 17.5. The number of rotatable bonds is 6. The highest BCUT2D eigenvalue weighted by atomic mass is 32.1. The van der Waals surface area contributed by atoms with Gasteiger partial charge in [0, 0.05) is 31.1 Å². The molecule has 1 aliphatic heterocycles. The van der Waals surface area contributed by atoms with Crippen LogP contribution in [0.25, 0.3) is 0 Å². The predicted octanol–water partition coefficient (Wildman–Crippen LogP) is 1.47. The minimum Gasteiger partial charge on any atom is -0.481 e. The first-order valence-electron chi connectivity index (χ1n) is 7.26. The Hall–Kier alpha value is -0.980. The van der Waals surface area contributed by atoms with Gasteiger partial charge in [0.05, 0.1) is 18.7 Å². The second-order valence-corrected chi connectivity index (χ2v) is 6.28. The van der Waals surface area contributed by atoms with Crippen LogP contribution in [0.15, 0.2) is 0 Å². The lowest BCUT2D eigenvalue weighted by Gasteiger charge is -2.33. The number of nitrogens with zero attached hydrogens (tertiary/aromatic N) is 3. The number of carbonyl (C=O) groups is 1. The molecule has 0 radical (unpaired) electrons. The van der Waals surface area contributed by atoms with Crippen molar-refractivity contribution < 1.29 is 9.90 Å². The molecule has 2 rings (SSSR count). The number of aromatic nitrogens is 1. The number of piperazine rings is 1. The maximum atomic E-state index is 10.9. The summed E-state index contributed by atoms with van der Waals surface area (Å²) in [5.74, 6) is -0.772. The molecule has 1 N–H and O–H groups in total. The van der Waals surface area contributed by atoms with Crippen LogP contribution in [0.1, 0.15) is 29.4 Å². The molecule has 1 aromatic rings. The third-order valence-corrected chi connectivity index (χ3v) is 4.82. The molecule has 2 heterocycles. The van der Waals surface area contributed by atoms with E-state index in [-0.39, 0.29) is 6.42 Å². The molecular formula is C14H23N3O2S. The van der Waals surface area contributed by atoms with Crippen molar-refractivity contribution in [1.29, 1.82) is 0 Å². The third-order valence-electron chi connectivity index (χ3n) is 3.74. The van der Waals surface area contributed by atoms with E-state index in [1.807, 2.05) is 6.92 Å². The number of aryl methyl sites for hydroxylation is 1. The number of thiazole rings is 1. The molecule has 0 bridgehead atoms. The fourth-order valence-electron chi connectivity index (χ4n) is 2.51. The lowest BCUT2D eigenvalue weighted by atomic mass is 10.2. The van der Waals surface area contributed by atoms with Gasteiger partial charge in [0.1, 0.15) is 5.01 Å². The van der Waals surface area contributed by atoms with Crippen LogP contribution in [0.5, 0.6) is 0 Å². The zero-order valence-corrected chi connectivity index (χ0v) is 13.1. The van der Waals surface area contributed by atoms with Crippen molar-refractivity contribution in [1.82, 2.24) is 14.8 Å². The van der Waals surface area contributed by atoms with Crippen LogP contribution in [-0.4, -0.2) is 58.6 Å². The third kappa shape index (κ3) is 4.01. The molecule has 0 aromatic carbocycles. The fraction of sp³-hybridized carbons (Fsp3) is 0.714. The lowest BCUT2D eigenvalue weighted by Crippen LogP contribution is -2.45. The molecule has 1 aromatic heterocycles. The van der Waals surface area contributed by atoms with Gasteiger partial charge in [-0.2, -0.15) is 0 Å². The van der Waals surface area contributed by atoms with Crippen molar-refractivity contribution in [2.75, 3.05) is 32.7 Å². The summed E-state index contributed by atoms with van der Waals surface area (Å²) in [5.41, 5.74) is 0.958. The minimum atomic E-state index is -0.772. The van der Waals surface area contributed by atoms with Crippen molar-refractivity contribution >= 4 is 17.3 Å². The maximum Gasteiger partial charge on any atom is 0.308 e. The Kier molecular flexibility index (Phi) is 5.51. The molecule has 0 atom stereocenters. The van der Waals surface area contributed by atoms with Gasteiger partial charge in [-0.25, -0.2) is 4.98 Å². The summed E-state index contributed by atoms with van der Waals surface area (Å²) in [6.07, 6.45) is 0.910. The molecule has 0 aliphatic carbocycles. The van der Waals surface area contributed by atoms with Crippen molar-refractivity contribution in [2.24, 2.45) is 0 Å². The van der Waals surface area contributed by atoms with Crippen LogP contribution in [-0.2, 0) is 24.2 Å². The van der Waals surface area contributed by atoms with Crippen LogP contribution < -0.4 is 0 Å². The van der Waals surface area contributed by atoms with Crippen LogP contribution in [0.4, 0.5) is 0 Å². The Morgan fingerprint density at radius 1 is 1.25 bits per heavy atom. The number of carboxylic acid groups (broad SMARTS) is 1. The van der Waals surface area contributed by atoms with Crippen molar-refractivity contribution in [2.45, 2.75) is 33.2 Å². The minimum absolute atomic E-state index is 0.102. The monoisotopic (exact) mass is 297 g/mol. The van der Waals surface area contributed by atoms with Gasteiger partial charge in [-0.1, -0.05) is 13.8 Å². The van der Waals surface area contributed by atoms with Crippen molar-refractivity contribution in [3.05, 3.63) is 15.6 Å². The molecule has 1 fully saturated rings. The Balaban J connectivity index is 1.96. The van der Waals surface area contributed by atoms with Gasteiger partial charge in [-0.15, -0.1) is 11.3 Å². The van der Waals surface area contributed by atoms with E-state index >= 15 is 0 Å². The van der Waals surface area contributed by atoms with Gasteiger partial charge in [-0.05, 0) is 13.0 Å². The molecule has 6 heteroatoms. The predicted molar refractivity (Wildman–Crippen MR) is 80.2 cm³/mol. The van der Waals surface area contributed by atoms with Gasteiger partial charge < -0.3 is 10.0 Å². The van der Waals surface area contributed by atoms with Crippen molar-refractivity contribution in [3.63, 3.8) is 0 Å². The first-order chi connectivity index (χ1) is 9.62. The Morgan fingerprint density at radius 3 is 2.45 bits per heavy atom. The number of aliphatic carboxylic acids is 1. The number of hydrogen-bond acceptors (Lipinski definition) is 5. The van der Waals surface area contributed by atoms with Crippen LogP contribution in [0.3, 0.4) is 0 Å². The van der Waals surface area contributed by atoms with Gasteiger partial charge in [0.25, 0.3) is 0 Å². The van der Waals surface area contributed by atoms with Crippen LogP contribution in [0.2, 0.25) is 0 Å². The first-order valence-corrected chi connectivity index (χ1v) is 8.08. The fourth-order valence-corrected chi connectivity index (χ4v) is 3.70. The molecule has 0 spiro atoms. The second kappa shape index (κ2) is 7.15. The van der Waals surface area contributed by atoms with Gasteiger partial charge in [0.2, 0.25) is 0 Å². The largest absolute Gasteiger partial charge is 0.481 e. The quantitative estimate of drug-likeness (QED) is 0.862. The topological polar surface area (TPSA) is 56.7 Å². The zero-order valence-electron chi connectivity index (χ0n) is 12.3. The summed E-state index contributed by atoms with van der Waals surface area (Å²) in [6, 6.07) is 0. The van der Waals surface area contributed by atoms with E-state index in [9.17, 15) is 4.79 Å². The van der Waals surface area contributed by atoms with Gasteiger partial charge in [-0.3, -0.25) is 9.69 Å². The lowest BCUT2D eigenvalue weighted by molar-refractivity contribution is -0.136. The Morgan fingerprint density at radius 2 is 1.90 bits per heavy atom. The van der Waals surface area contributed by atoms with Gasteiger partial charge in [0.15, 0.2) is 0 Å². The molecule has 0 amide bonds. The maximum absolute atomic E-state index is 10.9. The van der Waals surface area contributed by atoms with E-state index < -0.39 is 5.97 Å². The van der Waals surface area contributed by atoms with E-state index in [1.165, 1.54) is 0 Å². The zero-order chi connectivity index (χ0) is 14.5. The summed E-state index contributed by atoms with van der Waals surface area (Å²) >= 11 is 1.57. The molecule has 5 nitrogen and oxygen atoms in total. The van der Waals surface area contributed by atoms with E-state index in [4.69, 9.17) is 5.11 Å². The van der Waals surface area contributed by atoms with E-state index in [1.54, 1.807) is 11.3 Å². The van der Waals surface area contributed by atoms with E-state index in [0.717, 1.165) is 61.3 Å². The number of hydrogen-bond donors (Lipinski definition) is 1. The standard InChI is InChI=1S/C14H23N3O2S/c1-3-11-12(9-14(18)19)20-13(15-11)10-17-7-5-16(4-2)6-8-17/h3-10H2,1-2H3,(H,18,19). The van der Waals surface area contributed by atoms with Crippen LogP contribution in [0, 0.1) is 0 Å². The smallest absolute Gasteiger partial charge is 0.308 e. The number of carboxylic acids is 1. The van der Waals surface area contributed by atoms with Crippen LogP contribution >= 0.6 is 11.3 Å². The summed E-state index contributed by atoms with van der Waals surface area (Å²) in [5, 5.41) is 10.00. The second-order valence-electron chi connectivity index (χ2n) is 5.11. The summed E-state index contributed by atoms with van der Waals surface area (Å²) in [4.78, 5) is 21.3. The molecule has 0 unspecified atom stereocenters. The molecule has 1 aliphatic rings. The molecule has 112 valence electrons. The molecule has 0 saturated carbocycles. The highest BCUT2D eigenvalue weighted by Crippen LogP contribution is 2.22. The molecular weight excluding hydrogens is 274 g/mol. The highest BCUT2D eigenvalue weighted by molar-refractivity contribution is 7.11. The van der Waals surface area contributed by atoms with Crippen molar-refractivity contribution in [3.8, 4) is 0 Å². The van der Waals surface area contributed by atoms with E-state index in [2.05, 4.69) is 21.7 Å². The molecule has 20 heavy (non-hydrogen) atoms. The highest BCUT2D eigenvalue weighted by Gasteiger charge is 2.18. The SMILES string of the molecule is CCc1nc(CN2CCN(CC)CC2)sc1CC(=O)O. The molecule has 1 saturated heterocycles. The summed E-state index contributed by atoms with van der Waals surface area (Å²) in [7, 11) is 0. The average molecular weight is 297 g/mol. The first kappa shape index (κ1) is 15.4. The summed E-state index contributed by atoms with van der Waals surface area (Å²) < 4.78 is 0. The average Bonchev–Trinajstić information content (AvgIpc) is 2.80. The van der Waals surface area contributed by atoms with Gasteiger partial charge >= 0.3 is 5.97 Å². The number of likely N-dealkylation sites (N-methyl/N-ethyl adjacent to an activating group) is 1. The summed E-state index contributed by atoms with van der Waals surface area (Å²) in [6.45, 7) is 10.6.